The summed E-state index contributed by atoms with van der Waals surface area (Å²) < 4.78 is 0. The zero-order valence-electron chi connectivity index (χ0n) is 14.4. The quantitative estimate of drug-likeness (QED) is 0.907. The summed E-state index contributed by atoms with van der Waals surface area (Å²) >= 11 is 0. The van der Waals surface area contributed by atoms with E-state index in [1.807, 2.05) is 12.1 Å². The van der Waals surface area contributed by atoms with Crippen molar-refractivity contribution in [3.8, 4) is 0 Å². The van der Waals surface area contributed by atoms with Crippen LogP contribution in [0.5, 0.6) is 0 Å². The molecule has 2 saturated heterocycles. The summed E-state index contributed by atoms with van der Waals surface area (Å²) in [5.41, 5.74) is 2.02. The highest BCUT2D eigenvalue weighted by Crippen LogP contribution is 2.29. The van der Waals surface area contributed by atoms with Crippen molar-refractivity contribution < 1.29 is 4.79 Å². The van der Waals surface area contributed by atoms with Crippen molar-refractivity contribution in [1.82, 2.24) is 10.2 Å². The van der Waals surface area contributed by atoms with Crippen molar-refractivity contribution in [3.05, 3.63) is 29.8 Å². The van der Waals surface area contributed by atoms with Crippen LogP contribution in [-0.2, 0) is 0 Å². The van der Waals surface area contributed by atoms with E-state index in [2.05, 4.69) is 41.2 Å². The number of rotatable bonds is 5. The van der Waals surface area contributed by atoms with E-state index in [-0.39, 0.29) is 5.91 Å². The smallest absolute Gasteiger partial charge is 0.254 e. The molecule has 2 unspecified atom stereocenters. The summed E-state index contributed by atoms with van der Waals surface area (Å²) in [6, 6.07) is 8.97. The number of unbranched alkanes of at least 4 members (excludes halogenated alkanes) is 1. The molecule has 0 aliphatic carbocycles. The van der Waals surface area contributed by atoms with Crippen molar-refractivity contribution in [2.24, 2.45) is 0 Å². The van der Waals surface area contributed by atoms with Gasteiger partial charge in [-0.3, -0.25) is 4.79 Å². The Labute approximate surface area is 139 Å². The van der Waals surface area contributed by atoms with Crippen LogP contribution < -0.4 is 10.2 Å². The minimum Gasteiger partial charge on any atom is -0.375 e. The Bertz CT molecular complexity index is 514. The normalized spacial score (nSPS) is 23.7. The van der Waals surface area contributed by atoms with Gasteiger partial charge in [0.15, 0.2) is 0 Å². The zero-order chi connectivity index (χ0) is 16.2. The molecule has 1 amide bonds. The Morgan fingerprint density at radius 3 is 2.70 bits per heavy atom. The van der Waals surface area contributed by atoms with Gasteiger partial charge >= 0.3 is 0 Å². The van der Waals surface area contributed by atoms with E-state index in [1.165, 1.54) is 18.5 Å². The minimum atomic E-state index is 0.212. The fraction of sp³-hybridized carbons (Fsp3) is 0.632. The third-order valence-electron chi connectivity index (χ3n) is 5.29. The number of hydrogen-bond donors (Lipinski definition) is 1. The van der Waals surface area contributed by atoms with Crippen molar-refractivity contribution in [1.29, 1.82) is 0 Å². The molecule has 4 heteroatoms. The fourth-order valence-electron chi connectivity index (χ4n) is 3.85. The van der Waals surface area contributed by atoms with Gasteiger partial charge in [-0.2, -0.15) is 0 Å². The number of anilines is 1. The molecule has 4 nitrogen and oxygen atoms in total. The molecule has 2 atom stereocenters. The van der Waals surface area contributed by atoms with E-state index in [4.69, 9.17) is 0 Å². The molecule has 2 heterocycles. The number of nitrogens with zero attached hydrogens (tertiary/aromatic N) is 2. The largest absolute Gasteiger partial charge is 0.375 e. The monoisotopic (exact) mass is 315 g/mol. The van der Waals surface area contributed by atoms with Crippen LogP contribution in [0.2, 0.25) is 0 Å². The number of hydrogen-bond acceptors (Lipinski definition) is 3. The van der Waals surface area contributed by atoms with Crippen LogP contribution >= 0.6 is 0 Å². The Hall–Kier alpha value is -1.55. The lowest BCUT2D eigenvalue weighted by Crippen LogP contribution is -2.42. The molecule has 2 fully saturated rings. The molecular formula is C19H29N3O. The first-order valence-electron chi connectivity index (χ1n) is 9.05. The van der Waals surface area contributed by atoms with E-state index < -0.39 is 0 Å². The van der Waals surface area contributed by atoms with Crippen LogP contribution in [0.4, 0.5) is 5.69 Å². The van der Waals surface area contributed by atoms with Gasteiger partial charge in [0.1, 0.15) is 0 Å². The number of nitrogens with one attached hydrogen (secondary N) is 1. The Balaban J connectivity index is 1.70. The molecule has 1 aromatic carbocycles. The molecule has 0 saturated carbocycles. The van der Waals surface area contributed by atoms with Crippen molar-refractivity contribution in [3.63, 3.8) is 0 Å². The lowest BCUT2D eigenvalue weighted by molar-refractivity contribution is 0.0680. The van der Waals surface area contributed by atoms with Crippen LogP contribution in [0.25, 0.3) is 0 Å². The third kappa shape index (κ3) is 3.52. The van der Waals surface area contributed by atoms with Gasteiger partial charge in [-0.1, -0.05) is 13.3 Å². The second kappa shape index (κ2) is 7.35. The maximum atomic E-state index is 13.0. The summed E-state index contributed by atoms with van der Waals surface area (Å²) in [5.74, 6) is 0.212. The number of carbonyl (C=O) groups is 1. The van der Waals surface area contributed by atoms with E-state index >= 15 is 0 Å². The first kappa shape index (κ1) is 16.3. The first-order valence-corrected chi connectivity index (χ1v) is 9.05. The highest BCUT2D eigenvalue weighted by atomic mass is 16.2. The van der Waals surface area contributed by atoms with Gasteiger partial charge in [0.25, 0.3) is 5.91 Å². The molecule has 1 aromatic rings. The molecule has 0 aromatic heterocycles. The van der Waals surface area contributed by atoms with Crippen LogP contribution in [-0.4, -0.2) is 49.6 Å². The van der Waals surface area contributed by atoms with Gasteiger partial charge in [-0.05, 0) is 56.5 Å². The van der Waals surface area contributed by atoms with Gasteiger partial charge < -0.3 is 15.1 Å². The van der Waals surface area contributed by atoms with Crippen molar-refractivity contribution in [2.75, 3.05) is 31.6 Å². The Morgan fingerprint density at radius 1 is 1.22 bits per heavy atom. The summed E-state index contributed by atoms with van der Waals surface area (Å²) in [7, 11) is 2.12. The Morgan fingerprint density at radius 2 is 1.96 bits per heavy atom. The summed E-state index contributed by atoms with van der Waals surface area (Å²) in [6.07, 6.45) is 5.78. The predicted molar refractivity (Wildman–Crippen MR) is 95.1 cm³/mol. The van der Waals surface area contributed by atoms with Gasteiger partial charge in [-0.15, -0.1) is 0 Å². The highest BCUT2D eigenvalue weighted by molar-refractivity contribution is 5.95. The molecule has 2 aliphatic heterocycles. The van der Waals surface area contributed by atoms with Gasteiger partial charge in [-0.25, -0.2) is 0 Å². The zero-order valence-corrected chi connectivity index (χ0v) is 14.4. The Kier molecular flexibility index (Phi) is 5.21. The van der Waals surface area contributed by atoms with Gasteiger partial charge in [0.05, 0.1) is 0 Å². The maximum absolute atomic E-state index is 13.0. The molecule has 23 heavy (non-hydrogen) atoms. The maximum Gasteiger partial charge on any atom is 0.254 e. The average molecular weight is 315 g/mol. The van der Waals surface area contributed by atoms with Gasteiger partial charge in [0.2, 0.25) is 0 Å². The standard InChI is InChI=1S/C19H29N3O/c1-3-4-13-21(2)16-7-5-15(6-8-16)19(23)22-17-9-10-18(22)14-20-12-11-17/h5-8,17-18,20H,3-4,9-14H2,1-2H3. The minimum absolute atomic E-state index is 0.212. The summed E-state index contributed by atoms with van der Waals surface area (Å²) in [5, 5.41) is 3.46. The highest BCUT2D eigenvalue weighted by Gasteiger charge is 2.38. The topological polar surface area (TPSA) is 35.6 Å². The van der Waals surface area contributed by atoms with Crippen LogP contribution in [0, 0.1) is 0 Å². The number of fused-ring (bicyclic) bond motifs is 2. The molecule has 1 N–H and O–H groups in total. The number of carbonyl (C=O) groups excluding carboxylic acids is 1. The molecule has 3 rings (SSSR count). The molecule has 2 bridgehead atoms. The SMILES string of the molecule is CCCCN(C)c1ccc(C(=O)N2C3CCNCC2CC3)cc1. The van der Waals surface area contributed by atoms with Crippen molar-refractivity contribution in [2.45, 2.75) is 51.1 Å². The first-order chi connectivity index (χ1) is 11.2. The van der Waals surface area contributed by atoms with Crippen LogP contribution in [0.15, 0.2) is 24.3 Å². The second-order valence-electron chi connectivity index (χ2n) is 6.91. The molecule has 0 spiro atoms. The van der Waals surface area contributed by atoms with E-state index in [0.717, 1.165) is 44.5 Å². The van der Waals surface area contributed by atoms with E-state index in [0.29, 0.717) is 12.1 Å². The van der Waals surface area contributed by atoms with Crippen molar-refractivity contribution >= 4 is 11.6 Å². The molecule has 126 valence electrons. The molecular weight excluding hydrogens is 286 g/mol. The number of amides is 1. The van der Waals surface area contributed by atoms with E-state index in [1.54, 1.807) is 0 Å². The van der Waals surface area contributed by atoms with Gasteiger partial charge in [0, 0.05) is 43.5 Å². The lowest BCUT2D eigenvalue weighted by atomic mass is 10.1. The number of benzene rings is 1. The second-order valence-corrected chi connectivity index (χ2v) is 6.91. The average Bonchev–Trinajstić information content (AvgIpc) is 2.85. The summed E-state index contributed by atoms with van der Waals surface area (Å²) in [6.45, 7) is 5.25. The van der Waals surface area contributed by atoms with Crippen LogP contribution in [0.1, 0.15) is 49.4 Å². The fourth-order valence-corrected chi connectivity index (χ4v) is 3.85. The lowest BCUT2D eigenvalue weighted by Gasteiger charge is -2.28. The molecule has 0 radical (unpaired) electrons. The third-order valence-corrected chi connectivity index (χ3v) is 5.29. The van der Waals surface area contributed by atoms with Crippen LogP contribution in [0.3, 0.4) is 0 Å². The van der Waals surface area contributed by atoms with E-state index in [9.17, 15) is 4.79 Å². The molecule has 2 aliphatic rings. The summed E-state index contributed by atoms with van der Waals surface area (Å²) in [4.78, 5) is 17.4. The predicted octanol–water partition coefficient (Wildman–Crippen LogP) is 2.89.